The molecule has 8 nitrogen and oxygen atoms in total. The van der Waals surface area contributed by atoms with Crippen LogP contribution in [0.1, 0.15) is 33.2 Å². The molecule has 0 saturated carbocycles. The van der Waals surface area contributed by atoms with Crippen molar-refractivity contribution in [2.24, 2.45) is 0 Å². The molecule has 0 bridgehead atoms. The third-order valence-corrected chi connectivity index (χ3v) is 6.33. The average molecular weight is 509 g/mol. The number of hydrogen-bond donors (Lipinski definition) is 4. The van der Waals surface area contributed by atoms with Gasteiger partial charge in [-0.15, -0.1) is 0 Å². The number of aryl methyl sites for hydroxylation is 1. The zero-order valence-corrected chi connectivity index (χ0v) is 19.0. The van der Waals surface area contributed by atoms with E-state index < -0.39 is 6.04 Å². The summed E-state index contributed by atoms with van der Waals surface area (Å²) in [6.45, 7) is 1.61. The van der Waals surface area contributed by atoms with E-state index in [1.54, 1.807) is 25.1 Å². The number of halogens is 2. The minimum atomic E-state index is -0.645. The molecule has 4 N–H and O–H groups in total. The summed E-state index contributed by atoms with van der Waals surface area (Å²) in [7, 11) is 1.43. The van der Waals surface area contributed by atoms with E-state index >= 15 is 0 Å². The lowest BCUT2D eigenvalue weighted by Gasteiger charge is -2.26. The molecule has 0 unspecified atom stereocenters. The van der Waals surface area contributed by atoms with Gasteiger partial charge in [0.1, 0.15) is 17.1 Å². The number of ether oxygens (including phenoxy) is 1. The van der Waals surface area contributed by atoms with Gasteiger partial charge in [0.05, 0.1) is 24.2 Å². The summed E-state index contributed by atoms with van der Waals surface area (Å²) in [5.74, 6) is -0.207. The van der Waals surface area contributed by atoms with Crippen LogP contribution < -0.4 is 4.74 Å². The van der Waals surface area contributed by atoms with Crippen LogP contribution in [0, 0.1) is 6.92 Å². The van der Waals surface area contributed by atoms with Crippen molar-refractivity contribution in [3.63, 3.8) is 0 Å². The maximum Gasteiger partial charge on any atom is 0.273 e. The molecular formula is C21H19BrClN3O5. The van der Waals surface area contributed by atoms with Crippen LogP contribution in [0.5, 0.6) is 17.2 Å². The van der Waals surface area contributed by atoms with Crippen LogP contribution in [-0.4, -0.2) is 56.6 Å². The van der Waals surface area contributed by atoms with Crippen molar-refractivity contribution in [3.05, 3.63) is 56.1 Å². The molecule has 2 heterocycles. The molecule has 10 heteroatoms. The predicted molar refractivity (Wildman–Crippen MR) is 118 cm³/mol. The molecule has 0 saturated heterocycles. The van der Waals surface area contributed by atoms with Gasteiger partial charge in [-0.1, -0.05) is 11.6 Å². The van der Waals surface area contributed by atoms with Crippen molar-refractivity contribution in [1.82, 2.24) is 15.1 Å². The largest absolute Gasteiger partial charge is 0.507 e. The summed E-state index contributed by atoms with van der Waals surface area (Å²) in [6, 6.07) is 5.79. The van der Waals surface area contributed by atoms with Gasteiger partial charge in [-0.3, -0.25) is 9.89 Å². The van der Waals surface area contributed by atoms with E-state index in [1.165, 1.54) is 18.1 Å². The van der Waals surface area contributed by atoms with Crippen molar-refractivity contribution in [2.45, 2.75) is 13.0 Å². The Bertz CT molecular complexity index is 1200. The fourth-order valence-corrected chi connectivity index (χ4v) is 4.47. The number of aromatic nitrogens is 2. The molecule has 3 aromatic rings. The Balaban J connectivity index is 1.96. The van der Waals surface area contributed by atoms with Crippen molar-refractivity contribution in [3.8, 4) is 28.5 Å². The molecule has 1 aromatic heterocycles. The Morgan fingerprint density at radius 1 is 1.29 bits per heavy atom. The summed E-state index contributed by atoms with van der Waals surface area (Å²) >= 11 is 9.60. The van der Waals surface area contributed by atoms with Gasteiger partial charge in [0.2, 0.25) is 0 Å². The van der Waals surface area contributed by atoms with Crippen molar-refractivity contribution < 1.29 is 24.9 Å². The number of benzene rings is 2. The van der Waals surface area contributed by atoms with E-state index in [-0.39, 0.29) is 42.0 Å². The number of H-pyrrole nitrogens is 1. The number of β-amino-alcohol motifs (C(OH)–C–C–N with tert-alkyl or cyclic N) is 1. The molecule has 31 heavy (non-hydrogen) atoms. The number of phenols is 2. The highest BCUT2D eigenvalue weighted by Crippen LogP contribution is 2.47. The highest BCUT2D eigenvalue weighted by molar-refractivity contribution is 9.10. The Labute approximate surface area is 191 Å². The number of hydrogen-bond acceptors (Lipinski definition) is 6. The summed E-state index contributed by atoms with van der Waals surface area (Å²) in [5, 5.41) is 37.9. The lowest BCUT2D eigenvalue weighted by molar-refractivity contribution is 0.0706. The standard InChI is InChI=1S/C21H19BrClN3O5/c1-9-5-14(28)11(8-13(9)23)17-16-18(25-24-17)21(30)26(3-4-27)19(16)10-6-12(22)20(29)15(7-10)31-2/h5-8,19,27-29H,3-4H2,1-2H3,(H,24,25)/t19-/m0/s1. The molecule has 0 spiro atoms. The van der Waals surface area contributed by atoms with E-state index in [4.69, 9.17) is 16.3 Å². The Morgan fingerprint density at radius 3 is 2.71 bits per heavy atom. The molecule has 1 amide bonds. The number of amides is 1. The first kappa shape index (κ1) is 21.5. The topological polar surface area (TPSA) is 119 Å². The molecule has 0 aliphatic carbocycles. The van der Waals surface area contributed by atoms with E-state index in [1.807, 2.05) is 0 Å². The first-order valence-corrected chi connectivity index (χ1v) is 10.5. The SMILES string of the molecule is COc1cc([C@H]2c3c(-c4cc(Cl)c(C)cc4O)n[nH]c3C(=O)N2CCO)cc(Br)c1O. The fraction of sp³-hybridized carbons (Fsp3) is 0.238. The van der Waals surface area contributed by atoms with Crippen molar-refractivity contribution in [2.75, 3.05) is 20.3 Å². The van der Waals surface area contributed by atoms with Crippen LogP contribution in [-0.2, 0) is 0 Å². The van der Waals surface area contributed by atoms with E-state index in [9.17, 15) is 20.1 Å². The number of aliphatic hydroxyl groups is 1. The average Bonchev–Trinajstić information content (AvgIpc) is 3.27. The van der Waals surface area contributed by atoms with E-state index in [2.05, 4.69) is 26.1 Å². The van der Waals surface area contributed by atoms with E-state index in [0.717, 1.165) is 0 Å². The number of aromatic amines is 1. The van der Waals surface area contributed by atoms with Gasteiger partial charge in [0.15, 0.2) is 11.5 Å². The zero-order chi connectivity index (χ0) is 22.4. The maximum atomic E-state index is 13.1. The van der Waals surface area contributed by atoms with Crippen molar-refractivity contribution >= 4 is 33.4 Å². The van der Waals surface area contributed by atoms with Gasteiger partial charge in [0.25, 0.3) is 5.91 Å². The third-order valence-electron chi connectivity index (χ3n) is 5.32. The summed E-state index contributed by atoms with van der Waals surface area (Å²) in [6.07, 6.45) is 0. The number of aliphatic hydroxyl groups excluding tert-OH is 1. The van der Waals surface area contributed by atoms with Gasteiger partial charge in [0, 0.05) is 22.7 Å². The molecule has 4 rings (SSSR count). The molecule has 1 aliphatic rings. The minimum absolute atomic E-state index is 0.0209. The monoisotopic (exact) mass is 507 g/mol. The number of nitrogens with one attached hydrogen (secondary N) is 1. The Hall–Kier alpha value is -2.75. The highest BCUT2D eigenvalue weighted by atomic mass is 79.9. The molecule has 162 valence electrons. The number of carbonyl (C=O) groups is 1. The van der Waals surface area contributed by atoms with Gasteiger partial charge in [-0.2, -0.15) is 5.10 Å². The Morgan fingerprint density at radius 2 is 2.03 bits per heavy atom. The summed E-state index contributed by atoms with van der Waals surface area (Å²) in [5.41, 5.74) is 2.87. The second kappa shape index (κ2) is 8.07. The van der Waals surface area contributed by atoms with Gasteiger partial charge in [-0.25, -0.2) is 0 Å². The van der Waals surface area contributed by atoms with Gasteiger partial charge < -0.3 is 25.0 Å². The second-order valence-corrected chi connectivity index (χ2v) is 8.42. The number of phenolic OH excluding ortho intramolecular Hbond substituents is 2. The van der Waals surface area contributed by atoms with Crippen LogP contribution in [0.3, 0.4) is 0 Å². The fourth-order valence-electron chi connectivity index (χ4n) is 3.85. The minimum Gasteiger partial charge on any atom is -0.507 e. The maximum absolute atomic E-state index is 13.1. The van der Waals surface area contributed by atoms with Gasteiger partial charge >= 0.3 is 0 Å². The van der Waals surface area contributed by atoms with Crippen LogP contribution in [0.2, 0.25) is 5.02 Å². The number of nitrogens with zero attached hydrogens (tertiary/aromatic N) is 2. The molecule has 1 aliphatic heterocycles. The third kappa shape index (κ3) is 3.42. The number of methoxy groups -OCH3 is 1. The predicted octanol–water partition coefficient (Wildman–Crippen LogP) is 3.76. The first-order valence-electron chi connectivity index (χ1n) is 9.34. The molecule has 0 fully saturated rings. The van der Waals surface area contributed by atoms with Crippen LogP contribution in [0.4, 0.5) is 0 Å². The molecule has 0 radical (unpaired) electrons. The second-order valence-electron chi connectivity index (χ2n) is 7.16. The number of carbonyl (C=O) groups excluding carboxylic acids is 1. The highest BCUT2D eigenvalue weighted by Gasteiger charge is 2.42. The zero-order valence-electron chi connectivity index (χ0n) is 16.6. The van der Waals surface area contributed by atoms with Crippen LogP contribution in [0.25, 0.3) is 11.3 Å². The quantitative estimate of drug-likeness (QED) is 0.417. The van der Waals surface area contributed by atoms with E-state index in [0.29, 0.717) is 37.4 Å². The first-order chi connectivity index (χ1) is 14.8. The normalized spacial score (nSPS) is 15.5. The van der Waals surface area contributed by atoms with Gasteiger partial charge in [-0.05, 0) is 58.2 Å². The lowest BCUT2D eigenvalue weighted by atomic mass is 9.95. The lowest BCUT2D eigenvalue weighted by Crippen LogP contribution is -2.32. The number of rotatable bonds is 5. The number of fused-ring (bicyclic) bond motifs is 1. The van der Waals surface area contributed by atoms with Crippen molar-refractivity contribution in [1.29, 1.82) is 0 Å². The molecular weight excluding hydrogens is 490 g/mol. The number of aromatic hydroxyl groups is 2. The van der Waals surface area contributed by atoms with Crippen LogP contribution >= 0.6 is 27.5 Å². The smallest absolute Gasteiger partial charge is 0.273 e. The summed E-state index contributed by atoms with van der Waals surface area (Å²) in [4.78, 5) is 14.6. The van der Waals surface area contributed by atoms with Crippen LogP contribution in [0.15, 0.2) is 28.7 Å². The summed E-state index contributed by atoms with van der Waals surface area (Å²) < 4.78 is 5.65. The Kier molecular flexibility index (Phi) is 5.59. The molecule has 1 atom stereocenters. The molecule has 2 aromatic carbocycles.